The highest BCUT2D eigenvalue weighted by Crippen LogP contribution is 2.34. The molecule has 0 saturated carbocycles. The van der Waals surface area contributed by atoms with Crippen molar-refractivity contribution in [3.63, 3.8) is 0 Å². The maximum Gasteiger partial charge on any atom is 0.0737 e. The summed E-state index contributed by atoms with van der Waals surface area (Å²) >= 11 is 6.05. The quantitative estimate of drug-likeness (QED) is 0.690. The lowest BCUT2D eigenvalue weighted by Crippen LogP contribution is -2.14. The Labute approximate surface area is 128 Å². The van der Waals surface area contributed by atoms with E-state index < -0.39 is 0 Å². The predicted molar refractivity (Wildman–Crippen MR) is 87.5 cm³/mol. The number of nitrogens with two attached hydrogens (primary N) is 1. The van der Waals surface area contributed by atoms with Crippen LogP contribution in [0, 0.1) is 0 Å². The number of anilines is 2. The van der Waals surface area contributed by atoms with E-state index >= 15 is 0 Å². The third kappa shape index (κ3) is 2.10. The molecule has 2 N–H and O–H groups in total. The van der Waals surface area contributed by atoms with E-state index in [1.54, 1.807) is 0 Å². The van der Waals surface area contributed by atoms with Crippen molar-refractivity contribution < 1.29 is 0 Å². The van der Waals surface area contributed by atoms with Crippen LogP contribution in [0.4, 0.5) is 11.4 Å². The van der Waals surface area contributed by atoms with Crippen LogP contribution in [-0.4, -0.2) is 4.98 Å². The average Bonchev–Trinajstić information content (AvgIpc) is 2.89. The smallest absolute Gasteiger partial charge is 0.0737 e. The van der Waals surface area contributed by atoms with Crippen LogP contribution in [0.3, 0.4) is 0 Å². The van der Waals surface area contributed by atoms with Crippen molar-refractivity contribution >= 4 is 33.9 Å². The molecule has 3 aromatic rings. The number of halogens is 1. The van der Waals surface area contributed by atoms with E-state index in [1.165, 1.54) is 16.8 Å². The first-order valence-corrected chi connectivity index (χ1v) is 7.25. The second-order valence-corrected chi connectivity index (χ2v) is 5.81. The van der Waals surface area contributed by atoms with Gasteiger partial charge in [0, 0.05) is 41.1 Å². The molecule has 0 spiro atoms. The van der Waals surface area contributed by atoms with Crippen LogP contribution in [0.1, 0.15) is 11.1 Å². The largest absolute Gasteiger partial charge is 0.399 e. The SMILES string of the molecule is Nc1ccc2c(c1)CN(c1ccnc3cc(Cl)ccc13)C2. The number of pyridine rings is 1. The van der Waals surface area contributed by atoms with E-state index in [0.29, 0.717) is 5.02 Å². The van der Waals surface area contributed by atoms with Gasteiger partial charge in [-0.1, -0.05) is 17.7 Å². The zero-order chi connectivity index (χ0) is 14.4. The molecule has 2 heterocycles. The van der Waals surface area contributed by atoms with E-state index in [9.17, 15) is 0 Å². The summed E-state index contributed by atoms with van der Waals surface area (Å²) in [5, 5.41) is 1.84. The Kier molecular flexibility index (Phi) is 2.76. The number of nitrogen functional groups attached to an aromatic ring is 1. The highest BCUT2D eigenvalue weighted by atomic mass is 35.5. The second-order valence-electron chi connectivity index (χ2n) is 5.38. The Morgan fingerprint density at radius 3 is 2.76 bits per heavy atom. The Bertz CT molecular complexity index is 845. The lowest BCUT2D eigenvalue weighted by atomic mass is 10.1. The average molecular weight is 296 g/mol. The second kappa shape index (κ2) is 4.64. The maximum atomic E-state index is 6.05. The van der Waals surface area contributed by atoms with Gasteiger partial charge in [0.15, 0.2) is 0 Å². The van der Waals surface area contributed by atoms with E-state index in [1.807, 2.05) is 30.5 Å². The molecule has 0 unspecified atom stereocenters. The molecule has 4 heteroatoms. The number of aromatic nitrogens is 1. The van der Waals surface area contributed by atoms with Gasteiger partial charge in [0.25, 0.3) is 0 Å². The summed E-state index contributed by atoms with van der Waals surface area (Å²) in [6.07, 6.45) is 1.84. The lowest BCUT2D eigenvalue weighted by molar-refractivity contribution is 0.884. The van der Waals surface area contributed by atoms with Crippen LogP contribution in [-0.2, 0) is 13.1 Å². The molecule has 21 heavy (non-hydrogen) atoms. The topological polar surface area (TPSA) is 42.1 Å². The zero-order valence-corrected chi connectivity index (χ0v) is 12.1. The monoisotopic (exact) mass is 295 g/mol. The van der Waals surface area contributed by atoms with Crippen molar-refractivity contribution in [3.8, 4) is 0 Å². The van der Waals surface area contributed by atoms with Gasteiger partial charge in [-0.05, 0) is 47.5 Å². The summed E-state index contributed by atoms with van der Waals surface area (Å²) in [6, 6.07) is 14.1. The van der Waals surface area contributed by atoms with Crippen LogP contribution < -0.4 is 10.6 Å². The Morgan fingerprint density at radius 1 is 1.00 bits per heavy atom. The lowest BCUT2D eigenvalue weighted by Gasteiger charge is -2.19. The van der Waals surface area contributed by atoms with Crippen molar-refractivity contribution in [2.24, 2.45) is 0 Å². The van der Waals surface area contributed by atoms with E-state index in [0.717, 1.165) is 29.7 Å². The number of rotatable bonds is 1. The minimum absolute atomic E-state index is 0.713. The van der Waals surface area contributed by atoms with E-state index in [2.05, 4.69) is 28.1 Å². The Balaban J connectivity index is 1.79. The summed E-state index contributed by atoms with van der Waals surface area (Å²) in [6.45, 7) is 1.78. The van der Waals surface area contributed by atoms with E-state index in [-0.39, 0.29) is 0 Å². The van der Waals surface area contributed by atoms with Gasteiger partial charge in [-0.15, -0.1) is 0 Å². The van der Waals surface area contributed by atoms with Crippen molar-refractivity contribution in [2.45, 2.75) is 13.1 Å². The number of hydrogen-bond acceptors (Lipinski definition) is 3. The molecule has 4 rings (SSSR count). The normalized spacial score (nSPS) is 13.7. The van der Waals surface area contributed by atoms with Gasteiger partial charge in [-0.2, -0.15) is 0 Å². The minimum Gasteiger partial charge on any atom is -0.399 e. The van der Waals surface area contributed by atoms with Crippen LogP contribution in [0.5, 0.6) is 0 Å². The first-order valence-electron chi connectivity index (χ1n) is 6.87. The van der Waals surface area contributed by atoms with Gasteiger partial charge < -0.3 is 10.6 Å². The van der Waals surface area contributed by atoms with E-state index in [4.69, 9.17) is 17.3 Å². The zero-order valence-electron chi connectivity index (χ0n) is 11.4. The van der Waals surface area contributed by atoms with Crippen LogP contribution >= 0.6 is 11.6 Å². The van der Waals surface area contributed by atoms with Crippen LogP contribution in [0.15, 0.2) is 48.7 Å². The standard InChI is InChI=1S/C17H14ClN3/c18-13-2-4-15-16(8-13)20-6-5-17(15)21-9-11-1-3-14(19)7-12(11)10-21/h1-8H,9-10,19H2. The molecule has 1 aliphatic heterocycles. The van der Waals surface area contributed by atoms with Crippen LogP contribution in [0.25, 0.3) is 10.9 Å². The summed E-state index contributed by atoms with van der Waals surface area (Å²) < 4.78 is 0. The molecule has 0 radical (unpaired) electrons. The fourth-order valence-electron chi connectivity index (χ4n) is 2.97. The van der Waals surface area contributed by atoms with Gasteiger partial charge >= 0.3 is 0 Å². The molecular weight excluding hydrogens is 282 g/mol. The molecule has 0 saturated heterocycles. The predicted octanol–water partition coefficient (Wildman–Crippen LogP) is 3.99. The first-order chi connectivity index (χ1) is 10.2. The summed E-state index contributed by atoms with van der Waals surface area (Å²) in [7, 11) is 0. The Hall–Kier alpha value is -2.26. The molecule has 0 aliphatic carbocycles. The highest BCUT2D eigenvalue weighted by molar-refractivity contribution is 6.31. The number of hydrogen-bond donors (Lipinski definition) is 1. The number of benzene rings is 2. The first kappa shape index (κ1) is 12.5. The summed E-state index contributed by atoms with van der Waals surface area (Å²) in [5.41, 5.74) is 11.4. The maximum absolute atomic E-state index is 6.05. The summed E-state index contributed by atoms with van der Waals surface area (Å²) in [5.74, 6) is 0. The highest BCUT2D eigenvalue weighted by Gasteiger charge is 2.20. The van der Waals surface area contributed by atoms with Crippen molar-refractivity contribution in [3.05, 3.63) is 64.8 Å². The third-order valence-corrected chi connectivity index (χ3v) is 4.21. The molecule has 0 amide bonds. The molecule has 104 valence electrons. The van der Waals surface area contributed by atoms with Gasteiger partial charge in [-0.25, -0.2) is 0 Å². The van der Waals surface area contributed by atoms with Gasteiger partial charge in [0.05, 0.1) is 5.52 Å². The molecular formula is C17H14ClN3. The van der Waals surface area contributed by atoms with Gasteiger partial charge in [0.2, 0.25) is 0 Å². The van der Waals surface area contributed by atoms with Crippen molar-refractivity contribution in [2.75, 3.05) is 10.6 Å². The van der Waals surface area contributed by atoms with Crippen LogP contribution in [0.2, 0.25) is 5.02 Å². The molecule has 0 bridgehead atoms. The van der Waals surface area contributed by atoms with Gasteiger partial charge in [0.1, 0.15) is 0 Å². The van der Waals surface area contributed by atoms with Crippen molar-refractivity contribution in [1.82, 2.24) is 4.98 Å². The van der Waals surface area contributed by atoms with Crippen molar-refractivity contribution in [1.29, 1.82) is 0 Å². The molecule has 1 aromatic heterocycles. The minimum atomic E-state index is 0.713. The fourth-order valence-corrected chi connectivity index (χ4v) is 3.13. The van der Waals surface area contributed by atoms with Gasteiger partial charge in [-0.3, -0.25) is 4.98 Å². The fraction of sp³-hybridized carbons (Fsp3) is 0.118. The molecule has 0 fully saturated rings. The Morgan fingerprint density at radius 2 is 1.86 bits per heavy atom. The molecule has 2 aromatic carbocycles. The summed E-state index contributed by atoms with van der Waals surface area (Å²) in [4.78, 5) is 6.76. The molecule has 3 nitrogen and oxygen atoms in total. The molecule has 0 atom stereocenters. The third-order valence-electron chi connectivity index (χ3n) is 3.98. The molecule has 1 aliphatic rings. The number of nitrogens with zero attached hydrogens (tertiary/aromatic N) is 2. The number of fused-ring (bicyclic) bond motifs is 2.